The number of ether oxygens (including phenoxy) is 1. The van der Waals surface area contributed by atoms with Gasteiger partial charge in [-0.1, -0.05) is 11.6 Å². The van der Waals surface area contributed by atoms with Crippen molar-refractivity contribution in [2.75, 3.05) is 6.54 Å². The zero-order valence-corrected chi connectivity index (χ0v) is 12.3. The van der Waals surface area contributed by atoms with E-state index < -0.39 is 23.9 Å². The Morgan fingerprint density at radius 3 is 2.45 bits per heavy atom. The van der Waals surface area contributed by atoms with Crippen LogP contribution in [0.4, 0.5) is 4.79 Å². The molecule has 1 aromatic heterocycles. The average molecular weight is 304 g/mol. The lowest BCUT2D eigenvalue weighted by atomic mass is 10.2. The minimum Gasteiger partial charge on any atom is -0.444 e. The normalized spacial score (nSPS) is 14.5. The molecule has 0 aromatic carbocycles. The number of carbonyl (C=O) groups excluding carboxylic acids is 1. The van der Waals surface area contributed by atoms with Crippen LogP contribution in [0.25, 0.3) is 0 Å². The maximum atomic E-state index is 11.4. The van der Waals surface area contributed by atoms with Gasteiger partial charge < -0.3 is 20.3 Å². The minimum absolute atomic E-state index is 0.0212. The van der Waals surface area contributed by atoms with Crippen molar-refractivity contribution in [1.82, 2.24) is 15.3 Å². The number of aliphatic hydroxyl groups is 2. The van der Waals surface area contributed by atoms with Crippen molar-refractivity contribution in [2.24, 2.45) is 0 Å². The van der Waals surface area contributed by atoms with Crippen LogP contribution in [-0.4, -0.2) is 44.5 Å². The number of hydrogen-bond acceptors (Lipinski definition) is 6. The lowest BCUT2D eigenvalue weighted by molar-refractivity contribution is 0.00856. The van der Waals surface area contributed by atoms with Crippen LogP contribution in [0.5, 0.6) is 0 Å². The molecule has 0 saturated heterocycles. The summed E-state index contributed by atoms with van der Waals surface area (Å²) in [5, 5.41) is 22.2. The predicted molar refractivity (Wildman–Crippen MR) is 72.2 cm³/mol. The smallest absolute Gasteiger partial charge is 0.407 e. The van der Waals surface area contributed by atoms with Crippen molar-refractivity contribution in [3.8, 4) is 0 Å². The molecule has 7 nitrogen and oxygen atoms in total. The fourth-order valence-corrected chi connectivity index (χ4v) is 1.36. The molecule has 8 heteroatoms. The molecule has 0 radical (unpaired) electrons. The number of nitrogens with zero attached hydrogens (tertiary/aromatic N) is 2. The summed E-state index contributed by atoms with van der Waals surface area (Å²) in [6.07, 6.45) is -0.658. The fourth-order valence-electron chi connectivity index (χ4n) is 1.26. The van der Waals surface area contributed by atoms with E-state index in [1.807, 2.05) is 0 Å². The first-order valence-electron chi connectivity index (χ1n) is 5.99. The molecule has 0 fully saturated rings. The number of aliphatic hydroxyl groups excluding tert-OH is 2. The lowest BCUT2D eigenvalue weighted by Crippen LogP contribution is -2.39. The minimum atomic E-state index is -1.33. The van der Waals surface area contributed by atoms with Gasteiger partial charge in [-0.25, -0.2) is 14.8 Å². The Morgan fingerprint density at radius 2 is 1.95 bits per heavy atom. The first-order valence-corrected chi connectivity index (χ1v) is 6.37. The van der Waals surface area contributed by atoms with Gasteiger partial charge in [0.25, 0.3) is 0 Å². The van der Waals surface area contributed by atoms with Gasteiger partial charge in [-0.3, -0.25) is 0 Å². The third kappa shape index (κ3) is 5.68. The molecule has 1 aromatic rings. The molecule has 1 amide bonds. The third-order valence-electron chi connectivity index (χ3n) is 2.12. The van der Waals surface area contributed by atoms with Gasteiger partial charge in [0, 0.05) is 18.9 Å². The molecule has 0 spiro atoms. The molecular weight excluding hydrogens is 286 g/mol. The van der Waals surface area contributed by atoms with E-state index in [0.29, 0.717) is 5.02 Å². The quantitative estimate of drug-likeness (QED) is 0.768. The topological polar surface area (TPSA) is 105 Å². The maximum Gasteiger partial charge on any atom is 0.407 e. The van der Waals surface area contributed by atoms with Crippen LogP contribution in [0.1, 0.15) is 32.7 Å². The number of carbonyl (C=O) groups is 1. The van der Waals surface area contributed by atoms with Crippen LogP contribution in [-0.2, 0) is 4.74 Å². The molecule has 0 bridgehead atoms. The average Bonchev–Trinajstić information content (AvgIpc) is 2.34. The van der Waals surface area contributed by atoms with Crippen LogP contribution < -0.4 is 5.32 Å². The molecule has 0 aliphatic heterocycles. The number of alkyl carbamates (subject to hydrolysis) is 1. The second-order valence-electron chi connectivity index (χ2n) is 5.15. The van der Waals surface area contributed by atoms with Crippen LogP contribution >= 0.6 is 11.6 Å². The van der Waals surface area contributed by atoms with Gasteiger partial charge in [0.1, 0.15) is 17.8 Å². The zero-order valence-electron chi connectivity index (χ0n) is 11.5. The van der Waals surface area contributed by atoms with Gasteiger partial charge in [0.2, 0.25) is 0 Å². The summed E-state index contributed by atoms with van der Waals surface area (Å²) in [4.78, 5) is 19.0. The number of hydrogen-bond donors (Lipinski definition) is 3. The highest BCUT2D eigenvalue weighted by atomic mass is 35.5. The van der Waals surface area contributed by atoms with Crippen LogP contribution in [0, 0.1) is 0 Å². The zero-order chi connectivity index (χ0) is 15.3. The molecule has 3 N–H and O–H groups in total. The number of nitrogens with one attached hydrogen (secondary N) is 1. The Kier molecular flexibility index (Phi) is 5.67. The van der Waals surface area contributed by atoms with E-state index in [0.717, 1.165) is 0 Å². The van der Waals surface area contributed by atoms with E-state index in [2.05, 4.69) is 15.3 Å². The van der Waals surface area contributed by atoms with E-state index in [9.17, 15) is 15.0 Å². The third-order valence-corrected chi connectivity index (χ3v) is 2.32. The summed E-state index contributed by atoms with van der Waals surface area (Å²) in [5.74, 6) is 0.0212. The van der Waals surface area contributed by atoms with Crippen molar-refractivity contribution in [1.29, 1.82) is 0 Å². The highest BCUT2D eigenvalue weighted by Gasteiger charge is 2.23. The Balaban J connectivity index is 2.48. The molecular formula is C12H18ClN3O4. The van der Waals surface area contributed by atoms with E-state index in [1.54, 1.807) is 20.8 Å². The summed E-state index contributed by atoms with van der Waals surface area (Å²) in [6.45, 7) is 4.97. The summed E-state index contributed by atoms with van der Waals surface area (Å²) in [6, 6.07) is 0. The Morgan fingerprint density at radius 1 is 1.40 bits per heavy atom. The Hall–Kier alpha value is -1.44. The van der Waals surface area contributed by atoms with Crippen molar-refractivity contribution in [3.63, 3.8) is 0 Å². The van der Waals surface area contributed by atoms with Gasteiger partial charge in [0.15, 0.2) is 5.82 Å². The van der Waals surface area contributed by atoms with Crippen molar-refractivity contribution >= 4 is 17.7 Å². The van der Waals surface area contributed by atoms with Crippen molar-refractivity contribution in [2.45, 2.75) is 38.6 Å². The molecule has 20 heavy (non-hydrogen) atoms. The largest absolute Gasteiger partial charge is 0.444 e. The number of rotatable bonds is 4. The van der Waals surface area contributed by atoms with Crippen LogP contribution in [0.2, 0.25) is 5.02 Å². The van der Waals surface area contributed by atoms with E-state index in [-0.39, 0.29) is 12.4 Å². The SMILES string of the molecule is CC(C)(C)OC(=O)NCC(O)C(O)c1ncc(Cl)cn1. The Bertz CT molecular complexity index is 447. The van der Waals surface area contributed by atoms with Crippen molar-refractivity contribution < 1.29 is 19.7 Å². The second-order valence-corrected chi connectivity index (χ2v) is 5.59. The summed E-state index contributed by atoms with van der Waals surface area (Å²) in [5.41, 5.74) is -0.632. The molecule has 1 heterocycles. The number of amides is 1. The first kappa shape index (κ1) is 16.6. The summed E-state index contributed by atoms with van der Waals surface area (Å²) in [7, 11) is 0. The lowest BCUT2D eigenvalue weighted by Gasteiger charge is -2.21. The summed E-state index contributed by atoms with van der Waals surface area (Å²) >= 11 is 5.62. The van der Waals surface area contributed by atoms with Crippen LogP contribution in [0.3, 0.4) is 0 Å². The molecule has 0 saturated carbocycles. The van der Waals surface area contributed by atoms with Crippen LogP contribution in [0.15, 0.2) is 12.4 Å². The standard InChI is InChI=1S/C12H18ClN3O4/c1-12(2,3)20-11(19)16-6-8(17)9(18)10-14-4-7(13)5-15-10/h4-5,8-9,17-18H,6H2,1-3H3,(H,16,19). The second kappa shape index (κ2) is 6.83. The first-order chi connectivity index (χ1) is 9.19. The van der Waals surface area contributed by atoms with Gasteiger partial charge in [-0.05, 0) is 20.8 Å². The Labute approximate surface area is 122 Å². The molecule has 0 aliphatic rings. The molecule has 0 aliphatic carbocycles. The molecule has 2 unspecified atom stereocenters. The van der Waals surface area contributed by atoms with E-state index in [4.69, 9.17) is 16.3 Å². The van der Waals surface area contributed by atoms with Gasteiger partial charge in [0.05, 0.1) is 5.02 Å². The number of aromatic nitrogens is 2. The highest BCUT2D eigenvalue weighted by Crippen LogP contribution is 2.13. The maximum absolute atomic E-state index is 11.4. The fraction of sp³-hybridized carbons (Fsp3) is 0.583. The van der Waals surface area contributed by atoms with E-state index in [1.165, 1.54) is 12.4 Å². The van der Waals surface area contributed by atoms with Crippen molar-refractivity contribution in [3.05, 3.63) is 23.2 Å². The summed E-state index contributed by atoms with van der Waals surface area (Å²) < 4.78 is 5.00. The predicted octanol–water partition coefficient (Wildman–Crippen LogP) is 1.05. The monoisotopic (exact) mass is 303 g/mol. The number of halogens is 1. The van der Waals surface area contributed by atoms with Gasteiger partial charge in [-0.2, -0.15) is 0 Å². The van der Waals surface area contributed by atoms with Gasteiger partial charge in [-0.15, -0.1) is 0 Å². The highest BCUT2D eigenvalue weighted by molar-refractivity contribution is 6.30. The molecule has 112 valence electrons. The van der Waals surface area contributed by atoms with Gasteiger partial charge >= 0.3 is 6.09 Å². The van der Waals surface area contributed by atoms with E-state index >= 15 is 0 Å². The molecule has 2 atom stereocenters. The molecule has 1 rings (SSSR count).